The van der Waals surface area contributed by atoms with Gasteiger partial charge in [-0.1, -0.05) is 40.2 Å². The molecule has 0 unspecified atom stereocenters. The second kappa shape index (κ2) is 20.1. The van der Waals surface area contributed by atoms with Crippen LogP contribution in [0, 0.1) is 17.3 Å². The molecule has 0 aromatic heterocycles. The van der Waals surface area contributed by atoms with E-state index in [9.17, 15) is 20.1 Å². The summed E-state index contributed by atoms with van der Waals surface area (Å²) in [5, 5.41) is 51.3. The third-order valence-electron chi connectivity index (χ3n) is 11.0. The van der Waals surface area contributed by atoms with Gasteiger partial charge in [-0.2, -0.15) is 0 Å². The third kappa shape index (κ3) is 10.8. The number of rotatable bonds is 13. The van der Waals surface area contributed by atoms with E-state index in [2.05, 4.69) is 20.9 Å². The lowest BCUT2D eigenvalue weighted by Crippen LogP contribution is -2.43. The number of aliphatic imine (C=N–C) groups is 1. The Hall–Kier alpha value is -3.14. The smallest absolute Gasteiger partial charge is 0.196 e. The number of benzene rings is 2. The summed E-state index contributed by atoms with van der Waals surface area (Å²) in [6.45, 7) is 0.872. The van der Waals surface area contributed by atoms with Crippen LogP contribution in [-0.4, -0.2) is 96.7 Å². The lowest BCUT2D eigenvalue weighted by molar-refractivity contribution is -0.125. The first kappa shape index (κ1) is 42.0. The Labute approximate surface area is 327 Å². The predicted octanol–water partition coefficient (Wildman–Crippen LogP) is 5.78. The highest BCUT2D eigenvalue weighted by Gasteiger charge is 2.47. The number of ketones is 1. The quantitative estimate of drug-likeness (QED) is 0.0565. The molecule has 2 fully saturated rings. The predicted molar refractivity (Wildman–Crippen MR) is 217 cm³/mol. The van der Waals surface area contributed by atoms with E-state index in [1.165, 1.54) is 7.11 Å². The molecule has 1 heterocycles. The van der Waals surface area contributed by atoms with Crippen LogP contribution in [0.5, 0.6) is 23.0 Å². The molecule has 0 amide bonds. The normalized spacial score (nSPS) is 26.5. The maximum atomic E-state index is 14.3. The number of carbonyl (C=O) groups excluding carboxylic acids is 1. The summed E-state index contributed by atoms with van der Waals surface area (Å²) < 4.78 is 17.7. The topological polar surface area (TPSA) is 174 Å². The summed E-state index contributed by atoms with van der Waals surface area (Å²) >= 11 is 0. The number of guanidine groups is 1. The fourth-order valence-electron chi connectivity index (χ4n) is 8.27. The number of nitrogens with zero attached hydrogens (tertiary/aromatic N) is 1. The first-order valence-electron chi connectivity index (χ1n) is 19.0. The number of hydrogen-bond donors (Lipinski definition) is 7. The number of aryl methyl sites for hydroxylation is 1. The SMILES string of the molecule is CN=C1NCSSC[C@H]2CCC[C@]2(Cc2ccc(O)c(OC)c2)C(=O)C=CCCc2cc(c(O)c(O[C@@]3(CNC)CC[C@@H](C[C@H](O)OCCCO)C3)c2)N1. The fourth-order valence-corrected chi connectivity index (χ4v) is 10.5. The van der Waals surface area contributed by atoms with Crippen molar-refractivity contribution in [1.82, 2.24) is 10.6 Å². The number of carbonyl (C=O) groups is 1. The molecule has 14 heteroatoms. The first-order valence-corrected chi connectivity index (χ1v) is 21.5. The Kier molecular flexibility index (Phi) is 15.7. The molecule has 0 saturated heterocycles. The Bertz CT molecular complexity index is 1610. The van der Waals surface area contributed by atoms with Gasteiger partial charge in [-0.15, -0.1) is 0 Å². The van der Waals surface area contributed by atoms with Crippen LogP contribution in [0.25, 0.3) is 0 Å². The van der Waals surface area contributed by atoms with Crippen LogP contribution in [0.3, 0.4) is 0 Å². The number of hydrogen-bond acceptors (Lipinski definition) is 12. The molecule has 2 saturated carbocycles. The number of aromatic hydroxyl groups is 2. The molecule has 5 rings (SSSR count). The van der Waals surface area contributed by atoms with Gasteiger partial charge in [0.15, 0.2) is 41.0 Å². The third-order valence-corrected chi connectivity index (χ3v) is 13.2. The van der Waals surface area contributed by atoms with Gasteiger partial charge in [-0.3, -0.25) is 9.79 Å². The minimum absolute atomic E-state index is 0.0145. The van der Waals surface area contributed by atoms with Crippen LogP contribution in [0.1, 0.15) is 68.9 Å². The Morgan fingerprint density at radius 2 is 1.98 bits per heavy atom. The highest BCUT2D eigenvalue weighted by molar-refractivity contribution is 8.76. The van der Waals surface area contributed by atoms with Gasteiger partial charge in [0.05, 0.1) is 25.3 Å². The molecule has 2 aromatic rings. The molecule has 54 heavy (non-hydrogen) atoms. The minimum atomic E-state index is -0.911. The monoisotopic (exact) mass is 786 g/mol. The number of ether oxygens (including phenoxy) is 3. The van der Waals surface area contributed by atoms with Crippen LogP contribution >= 0.6 is 21.6 Å². The van der Waals surface area contributed by atoms with E-state index in [1.54, 1.807) is 40.8 Å². The molecule has 7 N–H and O–H groups in total. The van der Waals surface area contributed by atoms with E-state index in [1.807, 2.05) is 37.4 Å². The molecule has 1 aliphatic heterocycles. The molecule has 2 aliphatic carbocycles. The van der Waals surface area contributed by atoms with E-state index in [-0.39, 0.29) is 35.7 Å². The summed E-state index contributed by atoms with van der Waals surface area (Å²) in [5.74, 6) is 3.21. The van der Waals surface area contributed by atoms with Crippen LogP contribution in [0.15, 0.2) is 47.5 Å². The van der Waals surface area contributed by atoms with Gasteiger partial charge in [0.2, 0.25) is 0 Å². The number of allylic oxidation sites excluding steroid dienone is 2. The number of fused-ring (bicyclic) bond motifs is 3. The average molecular weight is 787 g/mol. The van der Waals surface area contributed by atoms with E-state index in [0.717, 1.165) is 49.0 Å². The van der Waals surface area contributed by atoms with Crippen molar-refractivity contribution in [2.75, 3.05) is 57.9 Å². The van der Waals surface area contributed by atoms with Gasteiger partial charge < -0.3 is 50.6 Å². The summed E-state index contributed by atoms with van der Waals surface area (Å²) in [6.07, 6.45) is 10.6. The number of phenols is 2. The van der Waals surface area contributed by atoms with Crippen molar-refractivity contribution in [1.29, 1.82) is 0 Å². The second-order valence-electron chi connectivity index (χ2n) is 14.7. The average Bonchev–Trinajstić information content (AvgIpc) is 3.75. The zero-order valence-corrected chi connectivity index (χ0v) is 33.4. The van der Waals surface area contributed by atoms with E-state index in [0.29, 0.717) is 80.7 Å². The maximum Gasteiger partial charge on any atom is 0.196 e. The second-order valence-corrected chi connectivity index (χ2v) is 17.2. The summed E-state index contributed by atoms with van der Waals surface area (Å²) in [6, 6.07) is 9.16. The minimum Gasteiger partial charge on any atom is -0.504 e. The lowest BCUT2D eigenvalue weighted by atomic mass is 9.70. The molecule has 12 nitrogen and oxygen atoms in total. The summed E-state index contributed by atoms with van der Waals surface area (Å²) in [7, 11) is 8.51. The van der Waals surface area contributed by atoms with Crippen LogP contribution in [0.4, 0.5) is 5.69 Å². The van der Waals surface area contributed by atoms with Crippen LogP contribution < -0.4 is 25.4 Å². The highest BCUT2D eigenvalue weighted by atomic mass is 33.1. The molecule has 5 atom stereocenters. The Morgan fingerprint density at radius 3 is 2.76 bits per heavy atom. The summed E-state index contributed by atoms with van der Waals surface area (Å²) in [5.41, 5.74) is 1.20. The maximum absolute atomic E-state index is 14.3. The van der Waals surface area contributed by atoms with Crippen LogP contribution in [0.2, 0.25) is 0 Å². The Balaban J connectivity index is 1.39. The molecule has 0 spiro atoms. The van der Waals surface area contributed by atoms with Gasteiger partial charge in [0.1, 0.15) is 5.60 Å². The van der Waals surface area contributed by atoms with Crippen molar-refractivity contribution >= 4 is 39.0 Å². The number of aliphatic hydroxyl groups excluding tert-OH is 2. The van der Waals surface area contributed by atoms with Crippen molar-refractivity contribution in [3.63, 3.8) is 0 Å². The molecule has 2 aromatic carbocycles. The molecule has 0 radical (unpaired) electrons. The molecular formula is C40H58N4O8S2. The highest BCUT2D eigenvalue weighted by Crippen LogP contribution is 2.50. The molecule has 3 aliphatic rings. The number of nitrogens with one attached hydrogen (secondary N) is 3. The number of methoxy groups -OCH3 is 1. The van der Waals surface area contributed by atoms with Crippen LogP contribution in [-0.2, 0) is 22.4 Å². The van der Waals surface area contributed by atoms with Gasteiger partial charge in [0.25, 0.3) is 0 Å². The first-order chi connectivity index (χ1) is 26.1. The van der Waals surface area contributed by atoms with Crippen molar-refractivity contribution in [2.24, 2.45) is 22.2 Å². The zero-order valence-electron chi connectivity index (χ0n) is 31.8. The van der Waals surface area contributed by atoms with Gasteiger partial charge in [0, 0.05) is 37.8 Å². The number of anilines is 1. The molecule has 2 bridgehead atoms. The van der Waals surface area contributed by atoms with E-state index in [4.69, 9.17) is 19.3 Å². The lowest BCUT2D eigenvalue weighted by Gasteiger charge is -2.33. The largest absolute Gasteiger partial charge is 0.504 e. The van der Waals surface area contributed by atoms with E-state index >= 15 is 0 Å². The van der Waals surface area contributed by atoms with E-state index < -0.39 is 17.3 Å². The van der Waals surface area contributed by atoms with Crippen molar-refractivity contribution in [2.45, 2.75) is 82.5 Å². The van der Waals surface area contributed by atoms with Crippen molar-refractivity contribution in [3.05, 3.63) is 53.6 Å². The van der Waals surface area contributed by atoms with Gasteiger partial charge >= 0.3 is 0 Å². The zero-order chi connectivity index (χ0) is 38.6. The molecular weight excluding hydrogens is 729 g/mol. The van der Waals surface area contributed by atoms with Gasteiger partial charge in [-0.05, 0) is 118 Å². The molecule has 298 valence electrons. The standard InChI is InChI=1S/C40H58N4O8S2/c1-41-25-39(15-13-29(22-39)21-36(48)51-17-7-16-45)52-34-19-27-8-4-5-10-35(47)40(23-28-11-12-32(46)33(20-28)50-3)14-6-9-30(40)24-53-54-26-43-38(42-2)44-31(18-27)37(34)49/h5,10-12,18-20,29-30,36,41,45-46,48-49H,4,6-9,13-17,21-26H2,1-3H3,(H2,42,43,44)/t29-,30+,36+,39-,40+/m0/s1. The van der Waals surface area contributed by atoms with Crippen molar-refractivity contribution in [3.8, 4) is 23.0 Å². The van der Waals surface area contributed by atoms with Gasteiger partial charge in [-0.25, -0.2) is 0 Å². The summed E-state index contributed by atoms with van der Waals surface area (Å²) in [4.78, 5) is 18.7. The fraction of sp³-hybridized carbons (Fsp3) is 0.600. The number of phenolic OH excluding ortho intramolecular Hbond substituents is 2. The number of aliphatic hydroxyl groups is 2. The Morgan fingerprint density at radius 1 is 1.13 bits per heavy atom. The van der Waals surface area contributed by atoms with Crippen molar-refractivity contribution < 1.29 is 39.4 Å². The number of likely N-dealkylation sites (N-methyl/N-ethyl adjacent to an activating group) is 1.